The maximum atomic E-state index is 13.3. The Hall–Kier alpha value is -2.90. The summed E-state index contributed by atoms with van der Waals surface area (Å²) in [5, 5.41) is 1.71. The van der Waals surface area contributed by atoms with Crippen molar-refractivity contribution < 1.29 is 18.4 Å². The first kappa shape index (κ1) is 33.0. The van der Waals surface area contributed by atoms with Gasteiger partial charge < -0.3 is 13.6 Å². The Balaban J connectivity index is 1.85. The maximum Gasteiger partial charge on any atom is 0.330 e. The molecule has 0 unspecified atom stereocenters. The lowest BCUT2D eigenvalue weighted by atomic mass is 10.00. The van der Waals surface area contributed by atoms with E-state index in [1.165, 1.54) is 10.8 Å². The van der Waals surface area contributed by atoms with E-state index in [1.807, 2.05) is 36.4 Å². The Kier molecular flexibility index (Phi) is 9.13. The van der Waals surface area contributed by atoms with Gasteiger partial charge in [-0.25, -0.2) is 4.79 Å². The number of hydrogen-bond acceptors (Lipinski definition) is 6. The third kappa shape index (κ3) is 6.21. The first-order valence-corrected chi connectivity index (χ1v) is 19.7. The maximum absolute atomic E-state index is 13.3. The van der Waals surface area contributed by atoms with E-state index in [0.717, 1.165) is 16.7 Å². The van der Waals surface area contributed by atoms with Crippen molar-refractivity contribution >= 4 is 33.3 Å². The van der Waals surface area contributed by atoms with E-state index in [9.17, 15) is 14.4 Å². The second-order valence-corrected chi connectivity index (χ2v) is 23.2. The predicted octanol–water partition coefficient (Wildman–Crippen LogP) is 4.67. The summed E-state index contributed by atoms with van der Waals surface area (Å²) in [6, 6.07) is 20.4. The van der Waals surface area contributed by atoms with E-state index in [-0.39, 0.29) is 23.1 Å². The molecule has 4 rings (SSSR count). The van der Waals surface area contributed by atoms with Crippen LogP contribution in [0.5, 0.6) is 0 Å². The molecule has 1 aliphatic rings. The summed E-state index contributed by atoms with van der Waals surface area (Å²) < 4.78 is 22.0. The third-order valence-electron chi connectivity index (χ3n) is 9.15. The van der Waals surface area contributed by atoms with Gasteiger partial charge in [0.2, 0.25) is 0 Å². The van der Waals surface area contributed by atoms with Crippen molar-refractivity contribution in [3.05, 3.63) is 93.3 Å². The van der Waals surface area contributed by atoms with Gasteiger partial charge in [0.25, 0.3) is 13.9 Å². The molecule has 3 aromatic rings. The first-order chi connectivity index (χ1) is 20.0. The number of carbonyl (C=O) groups is 1. The van der Waals surface area contributed by atoms with Gasteiger partial charge in [-0.2, -0.15) is 0 Å². The van der Waals surface area contributed by atoms with E-state index in [2.05, 4.69) is 83.9 Å². The number of H-pyrrole nitrogens is 1. The van der Waals surface area contributed by atoms with Crippen molar-refractivity contribution in [2.75, 3.05) is 6.61 Å². The Morgan fingerprint density at radius 2 is 1.49 bits per heavy atom. The molecule has 0 bridgehead atoms. The van der Waals surface area contributed by atoms with Crippen LogP contribution in [0.15, 0.2) is 76.4 Å². The Labute approximate surface area is 256 Å². The molecule has 0 radical (unpaired) electrons. The molecule has 8 nitrogen and oxygen atoms in total. The van der Waals surface area contributed by atoms with E-state index in [4.69, 9.17) is 13.6 Å². The number of rotatable bonds is 9. The second-order valence-electron chi connectivity index (χ2n) is 14.2. The molecule has 2 heterocycles. The Bertz CT molecular complexity index is 1500. The van der Waals surface area contributed by atoms with E-state index >= 15 is 0 Å². The Morgan fingerprint density at radius 3 is 1.95 bits per heavy atom. The average molecular weight is 623 g/mol. The monoisotopic (exact) mass is 622 g/mol. The van der Waals surface area contributed by atoms with Crippen LogP contribution in [0.4, 0.5) is 0 Å². The smallest absolute Gasteiger partial charge is 0.330 e. The van der Waals surface area contributed by atoms with Gasteiger partial charge in [0.15, 0.2) is 20.2 Å². The summed E-state index contributed by atoms with van der Waals surface area (Å²) in [6.07, 6.45) is 1.03. The molecule has 0 amide bonds. The average Bonchev–Trinajstić information content (AvgIpc) is 3.28. The lowest BCUT2D eigenvalue weighted by Crippen LogP contribution is -2.68. The summed E-state index contributed by atoms with van der Waals surface area (Å²) in [6.45, 7) is 18.8. The number of carbonyl (C=O) groups excluding carboxylic acids is 1. The van der Waals surface area contributed by atoms with Gasteiger partial charge in [0.05, 0.1) is 12.7 Å². The van der Waals surface area contributed by atoms with Crippen molar-refractivity contribution in [3.8, 4) is 0 Å². The molecule has 1 aromatic heterocycles. The van der Waals surface area contributed by atoms with E-state index < -0.39 is 45.8 Å². The van der Waals surface area contributed by atoms with Crippen molar-refractivity contribution in [3.63, 3.8) is 0 Å². The number of aromatic amines is 1. The molecule has 1 aliphatic heterocycles. The normalized spacial score (nSPS) is 21.6. The zero-order valence-electron chi connectivity index (χ0n) is 26.9. The fraction of sp³-hybridized carbons (Fsp3) is 0.485. The lowest BCUT2D eigenvalue weighted by Gasteiger charge is -2.46. The topological polar surface area (TPSA) is 99.6 Å². The number of hydrogen-bond donors (Lipinski definition) is 1. The quantitative estimate of drug-likeness (QED) is 0.275. The fourth-order valence-corrected chi connectivity index (χ4v) is 11.6. The summed E-state index contributed by atoms with van der Waals surface area (Å²) in [4.78, 5) is 40.7. The summed E-state index contributed by atoms with van der Waals surface area (Å²) >= 11 is 0. The van der Waals surface area contributed by atoms with Crippen molar-refractivity contribution in [2.24, 2.45) is 0 Å². The lowest BCUT2D eigenvalue weighted by molar-refractivity contribution is -0.149. The number of aldehydes is 1. The van der Waals surface area contributed by atoms with Gasteiger partial charge in [0, 0.05) is 18.2 Å². The number of ether oxygens (including phenoxy) is 1. The molecule has 0 spiro atoms. The van der Waals surface area contributed by atoms with Crippen LogP contribution in [0.25, 0.3) is 0 Å². The molecule has 1 saturated heterocycles. The minimum Gasteiger partial charge on any atom is -0.410 e. The van der Waals surface area contributed by atoms with Gasteiger partial charge >= 0.3 is 5.69 Å². The molecule has 0 saturated carbocycles. The zero-order valence-corrected chi connectivity index (χ0v) is 28.9. The second kappa shape index (κ2) is 11.9. The van der Waals surface area contributed by atoms with Crippen LogP contribution in [0, 0.1) is 6.92 Å². The zero-order chi connectivity index (χ0) is 31.8. The minimum absolute atomic E-state index is 0.0589. The van der Waals surface area contributed by atoms with Crippen LogP contribution < -0.4 is 21.6 Å². The molecule has 3 atom stereocenters. The summed E-state index contributed by atoms with van der Waals surface area (Å²) in [5.41, 5.74) is -2.17. The van der Waals surface area contributed by atoms with Gasteiger partial charge in [-0.3, -0.25) is 19.1 Å². The van der Waals surface area contributed by atoms with Crippen molar-refractivity contribution in [2.45, 2.75) is 96.0 Å². The number of aryl methyl sites for hydroxylation is 1. The number of nitrogens with one attached hydrogen (secondary N) is 1. The highest BCUT2D eigenvalue weighted by molar-refractivity contribution is 6.99. The summed E-state index contributed by atoms with van der Waals surface area (Å²) in [7, 11) is -5.44. The number of benzene rings is 2. The molecule has 1 N–H and O–H groups in total. The number of aromatic nitrogens is 2. The standard InChI is InChI=1S/C33H46N2O6Si2/c1-24-21-35(30(38)34-29(24)37)28-20-27(41-42(8,9)31(2,3)4)33(22-36,40-28)23-39-43(32(5,6)7,25-16-12-10-13-17-25)26-18-14-11-15-19-26/h10-19,21-22,27-28H,20,23H2,1-9H3,(H,34,37,38)/t27-,28+,33+/m0/s1. The fourth-order valence-electron chi connectivity index (χ4n) is 5.66. The van der Waals surface area contributed by atoms with Crippen LogP contribution in [-0.2, 0) is 18.4 Å². The van der Waals surface area contributed by atoms with E-state index in [0.29, 0.717) is 5.56 Å². The highest BCUT2D eigenvalue weighted by atomic mass is 28.4. The van der Waals surface area contributed by atoms with E-state index in [1.54, 1.807) is 6.92 Å². The number of nitrogens with zero attached hydrogens (tertiary/aromatic N) is 1. The van der Waals surface area contributed by atoms with Crippen LogP contribution in [0.3, 0.4) is 0 Å². The van der Waals surface area contributed by atoms with Crippen LogP contribution in [-0.4, -0.2) is 50.8 Å². The Morgan fingerprint density at radius 1 is 0.953 bits per heavy atom. The molecular weight excluding hydrogens is 577 g/mol. The van der Waals surface area contributed by atoms with Crippen molar-refractivity contribution in [1.29, 1.82) is 0 Å². The molecule has 2 aromatic carbocycles. The van der Waals surface area contributed by atoms with Gasteiger partial charge in [-0.05, 0) is 40.5 Å². The molecule has 1 fully saturated rings. The van der Waals surface area contributed by atoms with Crippen LogP contribution in [0.1, 0.15) is 59.8 Å². The van der Waals surface area contributed by atoms with Crippen LogP contribution >= 0.6 is 0 Å². The largest absolute Gasteiger partial charge is 0.410 e. The first-order valence-electron chi connectivity index (χ1n) is 14.9. The molecule has 0 aliphatic carbocycles. The highest BCUT2D eigenvalue weighted by Crippen LogP contribution is 2.45. The molecule has 43 heavy (non-hydrogen) atoms. The minimum atomic E-state index is -3.03. The van der Waals surface area contributed by atoms with Gasteiger partial charge in [0.1, 0.15) is 6.23 Å². The molecule has 232 valence electrons. The molecule has 10 heteroatoms. The molecular formula is C33H46N2O6Si2. The highest BCUT2D eigenvalue weighted by Gasteiger charge is 2.57. The third-order valence-corrected chi connectivity index (χ3v) is 18.6. The van der Waals surface area contributed by atoms with Crippen LogP contribution in [0.2, 0.25) is 23.2 Å². The summed E-state index contributed by atoms with van der Waals surface area (Å²) in [5.74, 6) is 0. The predicted molar refractivity (Wildman–Crippen MR) is 175 cm³/mol. The van der Waals surface area contributed by atoms with Gasteiger partial charge in [-0.15, -0.1) is 0 Å². The van der Waals surface area contributed by atoms with Crippen molar-refractivity contribution in [1.82, 2.24) is 9.55 Å². The SMILES string of the molecule is Cc1cn([C@H]2C[C@H](O[Si](C)(C)C(C)(C)C)[C@@](C=O)(CO[Si](c3ccccc3)(c3ccccc3)C(C)(C)C)O2)c(=O)[nH]c1=O. The van der Waals surface area contributed by atoms with Gasteiger partial charge in [-0.1, -0.05) is 102 Å².